The number of fused-ring (bicyclic) bond motifs is 1. The Bertz CT molecular complexity index is 1640. The third-order valence-corrected chi connectivity index (χ3v) is 5.81. The van der Waals surface area contributed by atoms with Gasteiger partial charge in [0.25, 0.3) is 5.56 Å². The molecule has 1 N–H and O–H groups in total. The smallest absolute Gasteiger partial charge is 0.264 e. The van der Waals surface area contributed by atoms with Crippen LogP contribution in [-0.2, 0) is 14.1 Å². The lowest BCUT2D eigenvalue weighted by Gasteiger charge is -2.14. The maximum absolute atomic E-state index is 13.0. The molecule has 0 saturated carbocycles. The highest BCUT2D eigenvalue weighted by molar-refractivity contribution is 5.84. The van der Waals surface area contributed by atoms with Crippen LogP contribution >= 0.6 is 0 Å². The summed E-state index contributed by atoms with van der Waals surface area (Å²) in [6.45, 7) is 5.97. The molecule has 0 fully saturated rings. The van der Waals surface area contributed by atoms with E-state index in [1.54, 1.807) is 30.3 Å². The average Bonchev–Trinajstić information content (AvgIpc) is 3.29. The lowest BCUT2D eigenvalue weighted by atomic mass is 10.1. The number of ether oxygens (including phenoxy) is 1. The Kier molecular flexibility index (Phi) is 5.97. The van der Waals surface area contributed by atoms with E-state index in [4.69, 9.17) is 9.72 Å². The zero-order valence-electron chi connectivity index (χ0n) is 20.9. The van der Waals surface area contributed by atoms with Gasteiger partial charge in [-0.15, -0.1) is 0 Å². The highest BCUT2D eigenvalue weighted by atomic mass is 16.5. The van der Waals surface area contributed by atoms with Crippen LogP contribution < -0.4 is 15.6 Å². The summed E-state index contributed by atoms with van der Waals surface area (Å²) in [7, 11) is 3.58. The predicted molar refractivity (Wildman–Crippen MR) is 140 cm³/mol. The summed E-state index contributed by atoms with van der Waals surface area (Å²) in [6.07, 6.45) is 6.98. The topological polar surface area (TPSA) is 99.8 Å². The van der Waals surface area contributed by atoms with Crippen LogP contribution in [0.15, 0.2) is 66.0 Å². The van der Waals surface area contributed by atoms with Gasteiger partial charge in [0.2, 0.25) is 5.95 Å². The van der Waals surface area contributed by atoms with Crippen LogP contribution in [0.2, 0.25) is 0 Å². The van der Waals surface area contributed by atoms with Gasteiger partial charge in [-0.05, 0) is 50.6 Å². The molecular weight excluding hydrogens is 454 g/mol. The Balaban J connectivity index is 1.45. The molecule has 0 spiro atoms. The molecule has 182 valence electrons. The Labute approximate surface area is 208 Å². The van der Waals surface area contributed by atoms with Gasteiger partial charge in [-0.2, -0.15) is 5.10 Å². The Hall–Kier alpha value is -4.53. The van der Waals surface area contributed by atoms with Crippen molar-refractivity contribution in [1.82, 2.24) is 29.3 Å². The quantitative estimate of drug-likeness (QED) is 0.375. The maximum atomic E-state index is 13.0. The number of hydrogen-bond donors (Lipinski definition) is 1. The van der Waals surface area contributed by atoms with Crippen LogP contribution in [0.4, 0.5) is 5.95 Å². The van der Waals surface area contributed by atoms with E-state index in [1.165, 1.54) is 4.57 Å². The van der Waals surface area contributed by atoms with Crippen molar-refractivity contribution >= 4 is 16.9 Å². The van der Waals surface area contributed by atoms with Gasteiger partial charge < -0.3 is 10.1 Å². The van der Waals surface area contributed by atoms with Gasteiger partial charge in [-0.3, -0.25) is 19.0 Å². The van der Waals surface area contributed by atoms with Gasteiger partial charge in [-0.1, -0.05) is 6.07 Å². The van der Waals surface area contributed by atoms with E-state index in [-0.39, 0.29) is 11.6 Å². The minimum absolute atomic E-state index is 0.154. The molecule has 0 aliphatic heterocycles. The number of nitrogens with zero attached hydrogens (tertiary/aromatic N) is 6. The Morgan fingerprint density at radius 2 is 1.83 bits per heavy atom. The molecule has 0 bridgehead atoms. The van der Waals surface area contributed by atoms with Crippen LogP contribution in [0.25, 0.3) is 33.4 Å². The van der Waals surface area contributed by atoms with Gasteiger partial charge >= 0.3 is 0 Å². The second-order valence-corrected chi connectivity index (χ2v) is 9.05. The summed E-state index contributed by atoms with van der Waals surface area (Å²) in [5.41, 5.74) is 4.28. The van der Waals surface area contributed by atoms with Gasteiger partial charge in [0.15, 0.2) is 0 Å². The number of pyridine rings is 2. The Morgan fingerprint density at radius 1 is 1.00 bits per heavy atom. The van der Waals surface area contributed by atoms with Gasteiger partial charge in [0.05, 0.1) is 28.7 Å². The predicted octanol–water partition coefficient (Wildman–Crippen LogP) is 4.71. The molecular formula is C27H27N7O2. The molecule has 0 unspecified atom stereocenters. The Morgan fingerprint density at radius 3 is 2.58 bits per heavy atom. The molecule has 1 aromatic carbocycles. The largest absolute Gasteiger partial charge is 0.457 e. The van der Waals surface area contributed by atoms with E-state index in [0.717, 1.165) is 33.5 Å². The average molecular weight is 482 g/mol. The number of benzene rings is 1. The van der Waals surface area contributed by atoms with Crippen molar-refractivity contribution in [1.29, 1.82) is 0 Å². The van der Waals surface area contributed by atoms with Crippen molar-refractivity contribution in [3.63, 3.8) is 0 Å². The molecule has 0 aliphatic carbocycles. The second kappa shape index (κ2) is 9.26. The van der Waals surface area contributed by atoms with Gasteiger partial charge in [0, 0.05) is 55.7 Å². The molecule has 0 atom stereocenters. The van der Waals surface area contributed by atoms with Crippen LogP contribution in [0.3, 0.4) is 0 Å². The fourth-order valence-electron chi connectivity index (χ4n) is 3.94. The van der Waals surface area contributed by atoms with E-state index >= 15 is 0 Å². The molecule has 5 rings (SSSR count). The third-order valence-electron chi connectivity index (χ3n) is 5.81. The molecule has 5 aromatic rings. The normalized spacial score (nSPS) is 11.3. The number of aryl methyl sites for hydroxylation is 2. The minimum Gasteiger partial charge on any atom is -0.457 e. The van der Waals surface area contributed by atoms with E-state index in [9.17, 15) is 4.79 Å². The zero-order chi connectivity index (χ0) is 25.4. The zero-order valence-corrected chi connectivity index (χ0v) is 20.9. The van der Waals surface area contributed by atoms with Gasteiger partial charge in [0.1, 0.15) is 11.5 Å². The first kappa shape index (κ1) is 23.2. The van der Waals surface area contributed by atoms with Crippen LogP contribution in [0.1, 0.15) is 19.4 Å². The lowest BCUT2D eigenvalue weighted by molar-refractivity contribution is 0.479. The fourth-order valence-corrected chi connectivity index (χ4v) is 3.94. The van der Waals surface area contributed by atoms with Crippen molar-refractivity contribution < 1.29 is 4.74 Å². The first-order chi connectivity index (χ1) is 17.3. The van der Waals surface area contributed by atoms with E-state index < -0.39 is 0 Å². The lowest BCUT2D eigenvalue weighted by Crippen LogP contribution is -2.25. The molecule has 4 aromatic heterocycles. The molecule has 0 saturated heterocycles. The summed E-state index contributed by atoms with van der Waals surface area (Å²) in [5, 5.41) is 8.30. The highest BCUT2D eigenvalue weighted by Crippen LogP contribution is 2.31. The van der Waals surface area contributed by atoms with Crippen molar-refractivity contribution in [2.24, 2.45) is 14.1 Å². The number of rotatable bonds is 6. The maximum Gasteiger partial charge on any atom is 0.264 e. The molecule has 9 heteroatoms. The number of hydrogen-bond acceptors (Lipinski definition) is 7. The van der Waals surface area contributed by atoms with Crippen molar-refractivity contribution in [3.05, 3.63) is 77.1 Å². The molecule has 0 aliphatic rings. The van der Waals surface area contributed by atoms with Crippen molar-refractivity contribution in [2.45, 2.75) is 26.8 Å². The first-order valence-corrected chi connectivity index (χ1v) is 11.7. The first-order valence-electron chi connectivity index (χ1n) is 11.7. The molecule has 0 amide bonds. The number of anilines is 1. The number of aromatic nitrogens is 6. The SMILES string of the molecule is Cc1cc2nc(-c3cnc(NC(C)C)n(C)c3=O)ccc2cc1Oc1ccnc(-c2cnn(C)c2)c1. The monoisotopic (exact) mass is 481 g/mol. The summed E-state index contributed by atoms with van der Waals surface area (Å²) in [6, 6.07) is 11.6. The van der Waals surface area contributed by atoms with Crippen LogP contribution in [-0.4, -0.2) is 35.3 Å². The van der Waals surface area contributed by atoms with E-state index in [1.807, 2.05) is 70.4 Å². The van der Waals surface area contributed by atoms with Crippen molar-refractivity contribution in [3.8, 4) is 34.0 Å². The second-order valence-electron chi connectivity index (χ2n) is 9.05. The molecule has 9 nitrogen and oxygen atoms in total. The molecule has 36 heavy (non-hydrogen) atoms. The molecule has 0 radical (unpaired) electrons. The summed E-state index contributed by atoms with van der Waals surface area (Å²) in [5.74, 6) is 1.93. The molecule has 4 heterocycles. The third kappa shape index (κ3) is 4.55. The standard InChI is InChI=1S/C27H27N7O2/c1-16(2)31-27-29-14-21(26(35)34(27)5)22-7-6-18-11-25(17(3)10-24(18)32-22)36-20-8-9-28-23(12-20)19-13-30-33(4)15-19/h6-16H,1-5H3,(H,29,31). The summed E-state index contributed by atoms with van der Waals surface area (Å²) >= 11 is 0. The minimum atomic E-state index is -0.154. The van der Waals surface area contributed by atoms with Gasteiger partial charge in [-0.25, -0.2) is 9.97 Å². The van der Waals surface area contributed by atoms with Crippen molar-refractivity contribution in [2.75, 3.05) is 5.32 Å². The number of nitrogens with one attached hydrogen (secondary N) is 1. The highest BCUT2D eigenvalue weighted by Gasteiger charge is 2.13. The fraction of sp³-hybridized carbons (Fsp3) is 0.222. The van der Waals surface area contributed by atoms with Crippen LogP contribution in [0, 0.1) is 6.92 Å². The van der Waals surface area contributed by atoms with E-state index in [0.29, 0.717) is 23.0 Å². The summed E-state index contributed by atoms with van der Waals surface area (Å²) < 4.78 is 9.47. The summed E-state index contributed by atoms with van der Waals surface area (Å²) in [4.78, 5) is 26.6. The van der Waals surface area contributed by atoms with Crippen LogP contribution in [0.5, 0.6) is 11.5 Å². The van der Waals surface area contributed by atoms with E-state index in [2.05, 4.69) is 20.4 Å².